The lowest BCUT2D eigenvalue weighted by atomic mass is 10.2. The van der Waals surface area contributed by atoms with E-state index < -0.39 is 17.6 Å². The fraction of sp³-hybridized carbons (Fsp3) is 0.211. The number of aryl methyl sites for hydroxylation is 2. The Kier molecular flexibility index (Phi) is 5.44. The first-order valence-corrected chi connectivity index (χ1v) is 8.52. The lowest BCUT2D eigenvalue weighted by Gasteiger charge is -2.16. The van der Waals surface area contributed by atoms with E-state index in [1.54, 1.807) is 37.4 Å². The number of methoxy groups -OCH3 is 1. The molecule has 0 saturated carbocycles. The predicted molar refractivity (Wildman–Crippen MR) is 105 cm³/mol. The van der Waals surface area contributed by atoms with Crippen molar-refractivity contribution in [3.63, 3.8) is 0 Å². The smallest absolute Gasteiger partial charge is 0.421 e. The van der Waals surface area contributed by atoms with Gasteiger partial charge in [0.2, 0.25) is 11.8 Å². The van der Waals surface area contributed by atoms with Crippen molar-refractivity contribution < 1.29 is 17.9 Å². The van der Waals surface area contributed by atoms with Crippen molar-refractivity contribution in [2.75, 3.05) is 23.5 Å². The number of hydrogen-bond donors (Lipinski definition) is 3. The molecule has 29 heavy (non-hydrogen) atoms. The van der Waals surface area contributed by atoms with Crippen LogP contribution in [-0.2, 0) is 6.18 Å². The molecule has 0 spiro atoms. The molecule has 0 aliphatic carbocycles. The van der Waals surface area contributed by atoms with E-state index in [2.05, 4.69) is 25.6 Å². The van der Waals surface area contributed by atoms with E-state index in [4.69, 9.17) is 10.5 Å². The summed E-state index contributed by atoms with van der Waals surface area (Å²) in [7, 11) is 1.46. The van der Waals surface area contributed by atoms with Crippen molar-refractivity contribution in [2.45, 2.75) is 20.0 Å². The second-order valence-electron chi connectivity index (χ2n) is 6.34. The number of nitrogens with one attached hydrogen (secondary N) is 2. The van der Waals surface area contributed by atoms with Gasteiger partial charge in [-0.3, -0.25) is 0 Å². The topological polar surface area (TPSA) is 98.0 Å². The molecule has 0 saturated heterocycles. The number of nitrogens with two attached hydrogens (primary N) is 1. The predicted octanol–water partition coefficient (Wildman–Crippen LogP) is 4.59. The highest BCUT2D eigenvalue weighted by atomic mass is 19.4. The molecule has 0 radical (unpaired) electrons. The molecule has 152 valence electrons. The Balaban J connectivity index is 2.00. The van der Waals surface area contributed by atoms with Gasteiger partial charge < -0.3 is 21.1 Å². The van der Waals surface area contributed by atoms with E-state index in [0.717, 1.165) is 17.3 Å². The van der Waals surface area contributed by atoms with Crippen LogP contribution in [0.25, 0.3) is 0 Å². The number of pyridine rings is 1. The SMILES string of the molecule is COc1cc(Nc2ncc(C(F)(F)F)c(Nc3ccc(C)cc3N)n2)c(C)cn1. The lowest BCUT2D eigenvalue weighted by Crippen LogP contribution is -2.13. The van der Waals surface area contributed by atoms with E-state index in [0.29, 0.717) is 22.9 Å². The van der Waals surface area contributed by atoms with Crippen LogP contribution in [0.1, 0.15) is 16.7 Å². The van der Waals surface area contributed by atoms with Crippen molar-refractivity contribution in [1.29, 1.82) is 0 Å². The zero-order valence-corrected chi connectivity index (χ0v) is 15.9. The molecule has 2 aromatic heterocycles. The highest BCUT2D eigenvalue weighted by Gasteiger charge is 2.35. The van der Waals surface area contributed by atoms with Crippen LogP contribution in [0.15, 0.2) is 36.7 Å². The number of anilines is 5. The number of ether oxygens (including phenoxy) is 1. The first-order valence-electron chi connectivity index (χ1n) is 8.52. The van der Waals surface area contributed by atoms with Crippen molar-refractivity contribution >= 4 is 28.8 Å². The highest BCUT2D eigenvalue weighted by molar-refractivity contribution is 5.73. The summed E-state index contributed by atoms with van der Waals surface area (Å²) in [4.78, 5) is 11.9. The first kappa shape index (κ1) is 20.2. The summed E-state index contributed by atoms with van der Waals surface area (Å²) in [6.45, 7) is 3.62. The number of alkyl halides is 3. The maximum absolute atomic E-state index is 13.4. The van der Waals surface area contributed by atoms with Gasteiger partial charge in [0, 0.05) is 18.5 Å². The fourth-order valence-corrected chi connectivity index (χ4v) is 2.54. The van der Waals surface area contributed by atoms with Gasteiger partial charge in [-0.2, -0.15) is 18.2 Å². The van der Waals surface area contributed by atoms with Gasteiger partial charge in [-0.05, 0) is 37.1 Å². The third-order valence-electron chi connectivity index (χ3n) is 4.09. The zero-order valence-electron chi connectivity index (χ0n) is 15.9. The Morgan fingerprint density at radius 2 is 1.76 bits per heavy atom. The molecule has 0 aliphatic heterocycles. The quantitative estimate of drug-likeness (QED) is 0.535. The van der Waals surface area contributed by atoms with Crippen molar-refractivity contribution in [2.24, 2.45) is 0 Å². The standard InChI is InChI=1S/C19H19F3N6O/c1-10-4-5-14(13(23)6-10)26-17-12(19(20,21)22)9-25-18(28-17)27-15-7-16(29-3)24-8-11(15)2/h4-9H,23H2,1-3H3,(H2,24,25,26,27,28). The van der Waals surface area contributed by atoms with E-state index >= 15 is 0 Å². The van der Waals surface area contributed by atoms with Crippen LogP contribution in [-0.4, -0.2) is 22.1 Å². The Morgan fingerprint density at radius 1 is 1.00 bits per heavy atom. The van der Waals surface area contributed by atoms with Crippen molar-refractivity contribution in [3.05, 3.63) is 53.3 Å². The molecular weight excluding hydrogens is 385 g/mol. The van der Waals surface area contributed by atoms with Crippen LogP contribution < -0.4 is 21.1 Å². The fourth-order valence-electron chi connectivity index (χ4n) is 2.54. The number of nitrogen functional groups attached to an aromatic ring is 1. The Labute approximate surface area is 165 Å². The van der Waals surface area contributed by atoms with Gasteiger partial charge in [-0.1, -0.05) is 6.07 Å². The minimum atomic E-state index is -4.64. The summed E-state index contributed by atoms with van der Waals surface area (Å²) in [5.74, 6) is -0.0949. The van der Waals surface area contributed by atoms with Crippen LogP contribution in [0.2, 0.25) is 0 Å². The van der Waals surface area contributed by atoms with E-state index in [-0.39, 0.29) is 5.95 Å². The van der Waals surface area contributed by atoms with Crippen LogP contribution in [0.4, 0.5) is 42.0 Å². The zero-order chi connectivity index (χ0) is 21.2. The van der Waals surface area contributed by atoms with E-state index in [1.165, 1.54) is 7.11 Å². The summed E-state index contributed by atoms with van der Waals surface area (Å²) < 4.78 is 45.4. The average Bonchev–Trinajstić information content (AvgIpc) is 2.65. The van der Waals surface area contributed by atoms with Gasteiger partial charge in [0.15, 0.2) is 0 Å². The number of rotatable bonds is 5. The number of hydrogen-bond acceptors (Lipinski definition) is 7. The third-order valence-corrected chi connectivity index (χ3v) is 4.09. The monoisotopic (exact) mass is 404 g/mol. The minimum Gasteiger partial charge on any atom is -0.481 e. The van der Waals surface area contributed by atoms with Crippen molar-refractivity contribution in [1.82, 2.24) is 15.0 Å². The highest BCUT2D eigenvalue weighted by Crippen LogP contribution is 2.36. The van der Waals surface area contributed by atoms with Gasteiger partial charge in [-0.25, -0.2) is 9.97 Å². The molecule has 1 aromatic carbocycles. The van der Waals surface area contributed by atoms with Gasteiger partial charge >= 0.3 is 6.18 Å². The van der Waals surface area contributed by atoms with Crippen LogP contribution >= 0.6 is 0 Å². The number of halogens is 3. The summed E-state index contributed by atoms with van der Waals surface area (Å²) in [6.07, 6.45) is -2.36. The van der Waals surface area contributed by atoms with Gasteiger partial charge in [0.05, 0.1) is 24.2 Å². The van der Waals surface area contributed by atoms with Gasteiger partial charge in [0.25, 0.3) is 0 Å². The van der Waals surface area contributed by atoms with E-state index in [1.807, 2.05) is 6.92 Å². The maximum Gasteiger partial charge on any atom is 0.421 e. The largest absolute Gasteiger partial charge is 0.481 e. The first-order chi connectivity index (χ1) is 13.7. The molecule has 0 atom stereocenters. The molecule has 10 heteroatoms. The molecular formula is C19H19F3N6O. The Morgan fingerprint density at radius 3 is 2.41 bits per heavy atom. The van der Waals surface area contributed by atoms with Gasteiger partial charge in [-0.15, -0.1) is 0 Å². The summed E-state index contributed by atoms with van der Waals surface area (Å²) in [5, 5.41) is 5.56. The lowest BCUT2D eigenvalue weighted by molar-refractivity contribution is -0.137. The molecule has 7 nitrogen and oxygen atoms in total. The second kappa shape index (κ2) is 7.82. The number of nitrogens with zero attached hydrogens (tertiary/aromatic N) is 3. The summed E-state index contributed by atoms with van der Waals surface area (Å²) >= 11 is 0. The Hall–Kier alpha value is -3.56. The average molecular weight is 404 g/mol. The minimum absolute atomic E-state index is 0.0254. The van der Waals surface area contributed by atoms with Crippen LogP contribution in [0.5, 0.6) is 5.88 Å². The van der Waals surface area contributed by atoms with Crippen molar-refractivity contribution in [3.8, 4) is 5.88 Å². The summed E-state index contributed by atoms with van der Waals surface area (Å²) in [5.41, 5.74) is 7.71. The molecule has 3 aromatic rings. The summed E-state index contributed by atoms with van der Waals surface area (Å²) in [6, 6.07) is 6.58. The third kappa shape index (κ3) is 4.65. The van der Waals surface area contributed by atoms with Crippen LogP contribution in [0, 0.1) is 13.8 Å². The molecule has 0 bridgehead atoms. The molecule has 0 unspecified atom stereocenters. The van der Waals surface area contributed by atoms with E-state index in [9.17, 15) is 13.2 Å². The Bertz CT molecular complexity index is 1040. The molecule has 2 heterocycles. The molecule has 0 fully saturated rings. The van der Waals surface area contributed by atoms with Crippen LogP contribution in [0.3, 0.4) is 0 Å². The number of benzene rings is 1. The molecule has 3 rings (SSSR count). The van der Waals surface area contributed by atoms with Gasteiger partial charge in [0.1, 0.15) is 11.4 Å². The normalized spacial score (nSPS) is 11.2. The maximum atomic E-state index is 13.4. The second-order valence-corrected chi connectivity index (χ2v) is 6.34. The number of aromatic nitrogens is 3. The molecule has 0 amide bonds. The molecule has 0 aliphatic rings. The molecule has 4 N–H and O–H groups in total.